The first-order valence-corrected chi connectivity index (χ1v) is 7.39. The fourth-order valence-corrected chi connectivity index (χ4v) is 2.11. The van der Waals surface area contributed by atoms with Crippen LogP contribution >= 0.6 is 11.6 Å². The first-order chi connectivity index (χ1) is 8.44. The average molecular weight is 283 g/mol. The van der Waals surface area contributed by atoms with Gasteiger partial charge in [0.2, 0.25) is 0 Å². The summed E-state index contributed by atoms with van der Waals surface area (Å²) in [5.41, 5.74) is 1.97. The number of rotatable bonds is 3. The molecule has 3 nitrogen and oxygen atoms in total. The van der Waals surface area contributed by atoms with Crippen LogP contribution in [0.4, 0.5) is 0 Å². The number of benzene rings is 2. The van der Waals surface area contributed by atoms with Gasteiger partial charge in [0.1, 0.15) is 5.75 Å². The Balaban J connectivity index is 2.25. The summed E-state index contributed by atoms with van der Waals surface area (Å²) in [5.74, 6) is 0.301. The maximum atomic E-state index is 11.0. The van der Waals surface area contributed by atoms with Gasteiger partial charge in [0.25, 0.3) is 0 Å². The normalized spacial score (nSPS) is 11.2. The minimum atomic E-state index is -3.48. The van der Waals surface area contributed by atoms with Crippen LogP contribution in [0.1, 0.15) is 0 Å². The third-order valence-electron chi connectivity index (χ3n) is 2.28. The highest BCUT2D eigenvalue weighted by Gasteiger charge is 2.04. The Bertz CT molecular complexity index is 631. The van der Waals surface area contributed by atoms with Crippen LogP contribution in [0.15, 0.2) is 48.5 Å². The summed E-state index contributed by atoms with van der Waals surface area (Å²) in [6.45, 7) is 0. The molecule has 0 fully saturated rings. The highest BCUT2D eigenvalue weighted by Crippen LogP contribution is 2.24. The molecular formula is C13H11ClO3S. The molecule has 0 heterocycles. The van der Waals surface area contributed by atoms with E-state index in [-0.39, 0.29) is 0 Å². The van der Waals surface area contributed by atoms with Gasteiger partial charge < -0.3 is 4.18 Å². The Hall–Kier alpha value is -1.52. The van der Waals surface area contributed by atoms with Crippen molar-refractivity contribution in [2.24, 2.45) is 0 Å². The van der Waals surface area contributed by atoms with E-state index in [4.69, 9.17) is 15.8 Å². The second-order valence-electron chi connectivity index (χ2n) is 3.82. The van der Waals surface area contributed by atoms with E-state index in [0.29, 0.717) is 10.8 Å². The lowest BCUT2D eigenvalue weighted by molar-refractivity contribution is 0.493. The van der Waals surface area contributed by atoms with Crippen LogP contribution in [0.2, 0.25) is 5.02 Å². The Morgan fingerprint density at radius 3 is 1.78 bits per heavy atom. The maximum absolute atomic E-state index is 11.0. The van der Waals surface area contributed by atoms with Gasteiger partial charge in [-0.15, -0.1) is 0 Å². The third kappa shape index (κ3) is 3.48. The summed E-state index contributed by atoms with van der Waals surface area (Å²) in [6.07, 6.45) is 1.01. The van der Waals surface area contributed by atoms with Crippen LogP contribution < -0.4 is 4.18 Å². The molecule has 0 atom stereocenters. The van der Waals surface area contributed by atoms with Crippen molar-refractivity contribution in [1.29, 1.82) is 0 Å². The molecule has 0 N–H and O–H groups in total. The zero-order valence-corrected chi connectivity index (χ0v) is 11.2. The van der Waals surface area contributed by atoms with Gasteiger partial charge in [0, 0.05) is 5.02 Å². The molecule has 0 amide bonds. The summed E-state index contributed by atoms with van der Waals surface area (Å²) < 4.78 is 26.7. The van der Waals surface area contributed by atoms with Gasteiger partial charge >= 0.3 is 10.1 Å². The van der Waals surface area contributed by atoms with Crippen LogP contribution in [0.3, 0.4) is 0 Å². The molecular weight excluding hydrogens is 272 g/mol. The summed E-state index contributed by atoms with van der Waals surface area (Å²) in [7, 11) is -3.48. The molecule has 0 spiro atoms. The summed E-state index contributed by atoms with van der Waals surface area (Å²) >= 11 is 5.81. The highest BCUT2D eigenvalue weighted by atomic mass is 35.5. The quantitative estimate of drug-likeness (QED) is 0.811. The molecule has 0 radical (unpaired) electrons. The molecule has 18 heavy (non-hydrogen) atoms. The average Bonchev–Trinajstić information content (AvgIpc) is 2.29. The van der Waals surface area contributed by atoms with Crippen LogP contribution in [0.5, 0.6) is 5.75 Å². The number of hydrogen-bond donors (Lipinski definition) is 0. The zero-order valence-electron chi connectivity index (χ0n) is 9.63. The van der Waals surface area contributed by atoms with Gasteiger partial charge in [0.15, 0.2) is 0 Å². The minimum Gasteiger partial charge on any atom is -0.383 e. The molecule has 94 valence electrons. The van der Waals surface area contributed by atoms with Crippen LogP contribution in [0.25, 0.3) is 11.1 Å². The Morgan fingerprint density at radius 1 is 0.889 bits per heavy atom. The fourth-order valence-electron chi connectivity index (χ4n) is 1.52. The lowest BCUT2D eigenvalue weighted by atomic mass is 10.1. The van der Waals surface area contributed by atoms with Crippen LogP contribution in [-0.4, -0.2) is 14.7 Å². The van der Waals surface area contributed by atoms with Crippen molar-refractivity contribution in [3.63, 3.8) is 0 Å². The van der Waals surface area contributed by atoms with Crippen molar-refractivity contribution >= 4 is 21.7 Å². The van der Waals surface area contributed by atoms with Gasteiger partial charge in [-0.1, -0.05) is 35.9 Å². The maximum Gasteiger partial charge on any atom is 0.306 e. The zero-order chi connectivity index (χ0) is 13.2. The van der Waals surface area contributed by atoms with E-state index in [1.807, 2.05) is 12.1 Å². The van der Waals surface area contributed by atoms with Crippen molar-refractivity contribution in [2.45, 2.75) is 0 Å². The second kappa shape index (κ2) is 5.00. The van der Waals surface area contributed by atoms with E-state index in [2.05, 4.69) is 0 Å². The van der Waals surface area contributed by atoms with Crippen molar-refractivity contribution in [1.82, 2.24) is 0 Å². The lowest BCUT2D eigenvalue weighted by Crippen LogP contribution is -2.05. The van der Waals surface area contributed by atoms with Gasteiger partial charge in [-0.25, -0.2) is 0 Å². The van der Waals surface area contributed by atoms with Crippen LogP contribution in [0, 0.1) is 0 Å². The van der Waals surface area contributed by atoms with Crippen molar-refractivity contribution in [3.05, 3.63) is 53.6 Å². The van der Waals surface area contributed by atoms with E-state index in [1.54, 1.807) is 36.4 Å². The summed E-state index contributed by atoms with van der Waals surface area (Å²) in [5, 5.41) is 0.677. The van der Waals surface area contributed by atoms with E-state index in [1.165, 1.54) is 0 Å². The van der Waals surface area contributed by atoms with Crippen molar-refractivity contribution < 1.29 is 12.6 Å². The van der Waals surface area contributed by atoms with Gasteiger partial charge in [-0.2, -0.15) is 8.42 Å². The van der Waals surface area contributed by atoms with Crippen LogP contribution in [-0.2, 0) is 10.1 Å². The molecule has 2 aromatic carbocycles. The Kier molecular flexibility index (Phi) is 3.59. The lowest BCUT2D eigenvalue weighted by Gasteiger charge is -2.05. The molecule has 5 heteroatoms. The fraction of sp³-hybridized carbons (Fsp3) is 0.0769. The van der Waals surface area contributed by atoms with Crippen molar-refractivity contribution in [2.75, 3.05) is 6.26 Å². The standard InChI is InChI=1S/C13H11ClO3S/c1-18(15,16)17-13-8-4-11(5-9-13)10-2-6-12(14)7-3-10/h2-9H,1H3. The predicted octanol–water partition coefficient (Wildman–Crippen LogP) is 3.35. The monoisotopic (exact) mass is 282 g/mol. The van der Waals surface area contributed by atoms with E-state index in [9.17, 15) is 8.42 Å². The molecule has 0 aliphatic carbocycles. The Labute approximate surface area is 111 Å². The highest BCUT2D eigenvalue weighted by molar-refractivity contribution is 7.86. The van der Waals surface area contributed by atoms with Crippen molar-refractivity contribution in [3.8, 4) is 16.9 Å². The SMILES string of the molecule is CS(=O)(=O)Oc1ccc(-c2ccc(Cl)cc2)cc1. The number of halogens is 1. The molecule has 0 aliphatic rings. The van der Waals surface area contributed by atoms with E-state index in [0.717, 1.165) is 17.4 Å². The number of hydrogen-bond acceptors (Lipinski definition) is 3. The second-order valence-corrected chi connectivity index (χ2v) is 5.83. The minimum absolute atomic E-state index is 0.301. The van der Waals surface area contributed by atoms with Gasteiger partial charge in [-0.05, 0) is 35.4 Å². The molecule has 0 aliphatic heterocycles. The first kappa shape index (κ1) is 12.9. The molecule has 2 aromatic rings. The largest absolute Gasteiger partial charge is 0.383 e. The molecule has 0 bridgehead atoms. The third-order valence-corrected chi connectivity index (χ3v) is 3.03. The Morgan fingerprint density at radius 2 is 1.33 bits per heavy atom. The van der Waals surface area contributed by atoms with E-state index >= 15 is 0 Å². The first-order valence-electron chi connectivity index (χ1n) is 5.19. The topological polar surface area (TPSA) is 43.4 Å². The molecule has 0 saturated carbocycles. The molecule has 2 rings (SSSR count). The summed E-state index contributed by atoms with van der Waals surface area (Å²) in [4.78, 5) is 0. The summed E-state index contributed by atoms with van der Waals surface area (Å²) in [6, 6.07) is 14.2. The van der Waals surface area contributed by atoms with Gasteiger partial charge in [-0.3, -0.25) is 0 Å². The molecule has 0 unspecified atom stereocenters. The van der Waals surface area contributed by atoms with Gasteiger partial charge in [0.05, 0.1) is 6.26 Å². The molecule has 0 aromatic heterocycles. The molecule has 0 saturated heterocycles. The smallest absolute Gasteiger partial charge is 0.306 e. The predicted molar refractivity (Wildman–Crippen MR) is 72.4 cm³/mol. The van der Waals surface area contributed by atoms with E-state index < -0.39 is 10.1 Å².